The predicted octanol–water partition coefficient (Wildman–Crippen LogP) is 3.83. The molecular formula is C34H28N4O8S. The first-order chi connectivity index (χ1) is 22.8. The number of benzene rings is 3. The van der Waals surface area contributed by atoms with E-state index in [2.05, 4.69) is 10.5 Å². The summed E-state index contributed by atoms with van der Waals surface area (Å²) in [6, 6.07) is 30.4. The second kappa shape index (κ2) is 13.3. The predicted molar refractivity (Wildman–Crippen MR) is 171 cm³/mol. The number of carboxylic acid groups (broad SMARTS) is 1. The monoisotopic (exact) mass is 652 g/mol. The molecule has 2 aliphatic heterocycles. The number of thioether (sulfide) groups is 1. The van der Waals surface area contributed by atoms with Crippen molar-refractivity contribution in [3.8, 4) is 0 Å². The summed E-state index contributed by atoms with van der Waals surface area (Å²) >= 11 is 1.21. The summed E-state index contributed by atoms with van der Waals surface area (Å²) in [6.45, 7) is -0.379. The normalized spacial score (nSPS) is 17.7. The lowest BCUT2D eigenvalue weighted by Gasteiger charge is -2.49. The number of carbonyl (C=O) groups excluding carboxylic acids is 3. The van der Waals surface area contributed by atoms with Gasteiger partial charge < -0.3 is 30.1 Å². The van der Waals surface area contributed by atoms with E-state index in [0.717, 1.165) is 21.6 Å². The van der Waals surface area contributed by atoms with Gasteiger partial charge in [-0.2, -0.15) is 0 Å². The highest BCUT2D eigenvalue weighted by atomic mass is 32.2. The number of oxime groups is 1. The number of hydrogen-bond donors (Lipinski definition) is 3. The molecule has 1 fully saturated rings. The SMILES string of the molecule is NC(=O)OCC1=C(C(=O)O)N2C(=O)[C@@H](NC(=O)C(=NOC(c3ccccc3)(c3ccccc3)c3ccccc3)c3ccco3)[C@H]2SC1. The summed E-state index contributed by atoms with van der Waals surface area (Å²) in [6.07, 6.45) is 0.307. The fourth-order valence-electron chi connectivity index (χ4n) is 5.56. The molecule has 3 aromatic carbocycles. The molecule has 0 bridgehead atoms. The van der Waals surface area contributed by atoms with Gasteiger partial charge in [-0.15, -0.1) is 11.8 Å². The largest absolute Gasteiger partial charge is 0.477 e. The molecule has 0 unspecified atom stereocenters. The van der Waals surface area contributed by atoms with E-state index in [9.17, 15) is 24.3 Å². The Bertz CT molecular complexity index is 1750. The number of nitrogens with zero attached hydrogens (tertiary/aromatic N) is 2. The average Bonchev–Trinajstić information content (AvgIpc) is 3.63. The van der Waals surface area contributed by atoms with Gasteiger partial charge in [0, 0.05) is 28.0 Å². The standard InChI is InChI=1S/C34H28N4O8S/c35-33(43)45-19-21-20-47-31-27(30(40)38(31)28(21)32(41)42)36-29(39)26(25-17-10-18-44-25)37-46-34(22-11-4-1-5-12-22,23-13-6-2-7-14-23)24-15-8-3-9-16-24/h1-18,27,31H,19-20H2,(H2,35,43)(H,36,39)(H,41,42)/t27-,31-/m1/s1. The number of β-lactam (4-membered cyclic amide) rings is 1. The molecule has 2 aliphatic rings. The average molecular weight is 653 g/mol. The van der Waals surface area contributed by atoms with Crippen molar-refractivity contribution in [2.45, 2.75) is 17.0 Å². The number of hydrogen-bond acceptors (Lipinski definition) is 9. The Labute approximate surface area is 272 Å². The van der Waals surface area contributed by atoms with Gasteiger partial charge in [-0.1, -0.05) is 96.2 Å². The molecule has 3 heterocycles. The number of ether oxygens (including phenoxy) is 1. The molecule has 0 aliphatic carbocycles. The van der Waals surface area contributed by atoms with Crippen molar-refractivity contribution < 1.29 is 38.3 Å². The van der Waals surface area contributed by atoms with Gasteiger partial charge in [0.2, 0.25) is 11.3 Å². The van der Waals surface area contributed by atoms with E-state index in [-0.39, 0.29) is 35.1 Å². The van der Waals surface area contributed by atoms with Crippen molar-refractivity contribution in [3.63, 3.8) is 0 Å². The third-order valence-corrected chi connectivity index (χ3v) is 9.05. The molecule has 0 saturated carbocycles. The Kier molecular flexibility index (Phi) is 8.80. The molecule has 12 nitrogen and oxygen atoms in total. The van der Waals surface area contributed by atoms with Crippen LogP contribution in [-0.4, -0.2) is 63.4 Å². The number of nitrogens with one attached hydrogen (secondary N) is 1. The number of furan rings is 1. The number of carboxylic acids is 1. The lowest BCUT2D eigenvalue weighted by Crippen LogP contribution is -2.71. The van der Waals surface area contributed by atoms with Crippen LogP contribution in [0.15, 0.2) is 130 Å². The summed E-state index contributed by atoms with van der Waals surface area (Å²) in [7, 11) is 0. The number of rotatable bonds is 11. The maximum absolute atomic E-state index is 13.9. The zero-order valence-corrected chi connectivity index (χ0v) is 25.5. The maximum atomic E-state index is 13.9. The van der Waals surface area contributed by atoms with Crippen LogP contribution in [0.2, 0.25) is 0 Å². The van der Waals surface area contributed by atoms with Gasteiger partial charge >= 0.3 is 12.1 Å². The Hall–Kier alpha value is -5.82. The zero-order valence-electron chi connectivity index (χ0n) is 24.6. The summed E-state index contributed by atoms with van der Waals surface area (Å²) in [5.74, 6) is -2.59. The number of primary amides is 1. The Morgan fingerprint density at radius 2 is 1.51 bits per heavy atom. The van der Waals surface area contributed by atoms with Gasteiger partial charge in [-0.25, -0.2) is 9.59 Å². The minimum Gasteiger partial charge on any atom is -0.477 e. The number of nitrogens with two attached hydrogens (primary N) is 1. The minimum atomic E-state index is -1.37. The first-order valence-electron chi connectivity index (χ1n) is 14.4. The second-order valence-electron chi connectivity index (χ2n) is 10.5. The number of amides is 3. The van der Waals surface area contributed by atoms with E-state index in [1.165, 1.54) is 24.1 Å². The number of aliphatic carboxylic acids is 1. The van der Waals surface area contributed by atoms with Gasteiger partial charge in [0.05, 0.1) is 6.26 Å². The van der Waals surface area contributed by atoms with Crippen LogP contribution in [0.5, 0.6) is 0 Å². The van der Waals surface area contributed by atoms with Crippen molar-refractivity contribution in [2.24, 2.45) is 10.9 Å². The second-order valence-corrected chi connectivity index (χ2v) is 11.6. The smallest absolute Gasteiger partial charge is 0.404 e. The van der Waals surface area contributed by atoms with Crippen LogP contribution in [0.1, 0.15) is 22.5 Å². The minimum absolute atomic E-state index is 0.0857. The van der Waals surface area contributed by atoms with Crippen LogP contribution in [0.4, 0.5) is 4.79 Å². The van der Waals surface area contributed by atoms with Crippen molar-refractivity contribution >= 4 is 41.4 Å². The Morgan fingerprint density at radius 1 is 0.936 bits per heavy atom. The molecular weight excluding hydrogens is 624 g/mol. The maximum Gasteiger partial charge on any atom is 0.404 e. The summed E-state index contributed by atoms with van der Waals surface area (Å²) < 4.78 is 10.3. The molecule has 1 aromatic heterocycles. The van der Waals surface area contributed by atoms with Gasteiger partial charge in [0.1, 0.15) is 23.7 Å². The van der Waals surface area contributed by atoms with Crippen LogP contribution >= 0.6 is 11.8 Å². The third kappa shape index (κ3) is 5.95. The van der Waals surface area contributed by atoms with Crippen molar-refractivity contribution in [2.75, 3.05) is 12.4 Å². The molecule has 4 N–H and O–H groups in total. The Balaban J connectivity index is 1.35. The molecule has 0 spiro atoms. The molecule has 3 amide bonds. The summed E-state index contributed by atoms with van der Waals surface area (Å²) in [4.78, 5) is 57.9. The van der Waals surface area contributed by atoms with Crippen molar-refractivity contribution in [1.82, 2.24) is 10.2 Å². The zero-order chi connectivity index (χ0) is 33.0. The van der Waals surface area contributed by atoms with Crippen molar-refractivity contribution in [1.29, 1.82) is 0 Å². The van der Waals surface area contributed by atoms with Crippen LogP contribution in [0, 0.1) is 0 Å². The number of fused-ring (bicyclic) bond motifs is 1. The molecule has 2 atom stereocenters. The van der Waals surface area contributed by atoms with E-state index < -0.39 is 40.9 Å². The highest BCUT2D eigenvalue weighted by Crippen LogP contribution is 2.42. The fraction of sp³-hybridized carbons (Fsp3) is 0.147. The lowest BCUT2D eigenvalue weighted by atomic mass is 9.80. The van der Waals surface area contributed by atoms with Crippen LogP contribution in [0.3, 0.4) is 0 Å². The number of carbonyl (C=O) groups is 4. The van der Waals surface area contributed by atoms with E-state index in [1.54, 1.807) is 6.07 Å². The molecule has 238 valence electrons. The highest BCUT2D eigenvalue weighted by molar-refractivity contribution is 8.00. The van der Waals surface area contributed by atoms with Gasteiger partial charge in [0.25, 0.3) is 11.8 Å². The Morgan fingerprint density at radius 3 is 2.00 bits per heavy atom. The molecule has 4 aromatic rings. The van der Waals surface area contributed by atoms with E-state index in [0.29, 0.717) is 0 Å². The molecule has 13 heteroatoms. The van der Waals surface area contributed by atoms with Gasteiger partial charge in [-0.05, 0) is 12.1 Å². The topological polar surface area (TPSA) is 174 Å². The highest BCUT2D eigenvalue weighted by Gasteiger charge is 2.54. The van der Waals surface area contributed by atoms with Gasteiger partial charge in [-0.3, -0.25) is 14.5 Å². The molecule has 47 heavy (non-hydrogen) atoms. The third-order valence-electron chi connectivity index (χ3n) is 7.71. The van der Waals surface area contributed by atoms with E-state index in [1.807, 2.05) is 91.0 Å². The van der Waals surface area contributed by atoms with Crippen molar-refractivity contribution in [3.05, 3.63) is 143 Å². The summed E-state index contributed by atoms with van der Waals surface area (Å²) in [5.41, 5.74) is 5.63. The first kappa shape index (κ1) is 31.2. The fourth-order valence-corrected chi connectivity index (χ4v) is 6.89. The lowest BCUT2D eigenvalue weighted by molar-refractivity contribution is -0.150. The molecule has 6 rings (SSSR count). The molecule has 0 radical (unpaired) electrons. The van der Waals surface area contributed by atoms with E-state index in [4.69, 9.17) is 19.7 Å². The molecule has 1 saturated heterocycles. The van der Waals surface area contributed by atoms with Crippen LogP contribution in [-0.2, 0) is 29.6 Å². The van der Waals surface area contributed by atoms with Crippen LogP contribution in [0.25, 0.3) is 0 Å². The summed E-state index contributed by atoms with van der Waals surface area (Å²) in [5, 5.41) is 16.2. The first-order valence-corrected chi connectivity index (χ1v) is 15.5. The van der Waals surface area contributed by atoms with Crippen LogP contribution < -0.4 is 11.1 Å². The quantitative estimate of drug-likeness (QED) is 0.0942. The van der Waals surface area contributed by atoms with E-state index >= 15 is 0 Å². The van der Waals surface area contributed by atoms with Gasteiger partial charge in [0.15, 0.2) is 5.76 Å².